The molecule has 0 unspecified atom stereocenters. The van der Waals surface area contributed by atoms with Crippen LogP contribution in [0.25, 0.3) is 0 Å². The Morgan fingerprint density at radius 2 is 0.803 bits per heavy atom. The van der Waals surface area contributed by atoms with Crippen LogP contribution < -0.4 is 11.1 Å². The highest BCUT2D eigenvalue weighted by Crippen LogP contribution is 2.25. The number of nitrogens with two attached hydrogens (primary N) is 1. The van der Waals surface area contributed by atoms with E-state index in [1.54, 1.807) is 0 Å². The normalized spacial score (nSPS) is 16.0. The van der Waals surface area contributed by atoms with E-state index in [2.05, 4.69) is 147 Å². The van der Waals surface area contributed by atoms with Crippen molar-refractivity contribution >= 4 is 15.9 Å². The molecule has 0 radical (unpaired) electrons. The maximum Gasteiger partial charge on any atom is 0.00344 e. The molecule has 0 amide bonds. The fourth-order valence-electron chi connectivity index (χ4n) is 9.43. The van der Waals surface area contributed by atoms with Crippen molar-refractivity contribution in [2.75, 3.05) is 44.6 Å². The number of halogens is 1. The Bertz CT molecular complexity index is 1470. The van der Waals surface area contributed by atoms with Gasteiger partial charge in [-0.1, -0.05) is 195 Å². The fraction of sp³-hybridized carbons (Fsp3) is 0.579. The van der Waals surface area contributed by atoms with Crippen molar-refractivity contribution in [2.45, 2.75) is 148 Å². The number of hydrogen-bond donors (Lipinski definition) is 2. The number of aryl methyl sites for hydroxylation is 4. The summed E-state index contributed by atoms with van der Waals surface area (Å²) in [7, 11) is 0. The van der Waals surface area contributed by atoms with Gasteiger partial charge in [0.15, 0.2) is 0 Å². The third kappa shape index (κ3) is 25.2. The SMILES string of the molecule is BrCCCc1ccccc1.NCC1CCCCC1.c1ccc(CCCN(CCCc2ccccc2)CC2CCCCC2)cc1.c1ccc(CCCNCC2CCCCC2)cc1. The maximum absolute atomic E-state index is 5.50. The molecule has 0 spiro atoms. The van der Waals surface area contributed by atoms with E-state index in [0.717, 1.165) is 29.6 Å². The highest BCUT2D eigenvalue weighted by molar-refractivity contribution is 9.09. The van der Waals surface area contributed by atoms with Gasteiger partial charge >= 0.3 is 0 Å². The molecule has 7 rings (SSSR count). The van der Waals surface area contributed by atoms with Crippen LogP contribution in [-0.4, -0.2) is 49.5 Å². The summed E-state index contributed by atoms with van der Waals surface area (Å²) in [5.41, 5.74) is 11.4. The summed E-state index contributed by atoms with van der Waals surface area (Å²) in [4.78, 5) is 2.77. The van der Waals surface area contributed by atoms with Gasteiger partial charge in [-0.25, -0.2) is 0 Å². The Kier molecular flexibility index (Phi) is 28.9. The summed E-state index contributed by atoms with van der Waals surface area (Å²) in [5, 5.41) is 4.72. The minimum absolute atomic E-state index is 0.865. The van der Waals surface area contributed by atoms with Crippen LogP contribution in [0.4, 0.5) is 0 Å². The minimum Gasteiger partial charge on any atom is -0.330 e. The van der Waals surface area contributed by atoms with E-state index in [4.69, 9.17) is 5.73 Å². The van der Waals surface area contributed by atoms with E-state index in [0.29, 0.717) is 0 Å². The molecule has 3 fully saturated rings. The molecule has 4 aromatic rings. The molecule has 0 bridgehead atoms. The number of nitrogens with one attached hydrogen (secondary N) is 1. The fourth-order valence-corrected chi connectivity index (χ4v) is 9.71. The minimum atomic E-state index is 0.865. The second kappa shape index (κ2) is 34.7. The summed E-state index contributed by atoms with van der Waals surface area (Å²) < 4.78 is 0. The van der Waals surface area contributed by atoms with Gasteiger partial charge in [0.25, 0.3) is 0 Å². The predicted octanol–water partition coefficient (Wildman–Crippen LogP) is 14.5. The van der Waals surface area contributed by atoms with Gasteiger partial charge < -0.3 is 16.0 Å². The Labute approximate surface area is 383 Å². The average Bonchev–Trinajstić information content (AvgIpc) is 3.33. The van der Waals surface area contributed by atoms with Gasteiger partial charge in [0, 0.05) is 11.9 Å². The second-order valence-electron chi connectivity index (χ2n) is 18.3. The molecule has 4 heteroatoms. The van der Waals surface area contributed by atoms with Gasteiger partial charge in [0.05, 0.1) is 0 Å². The first kappa shape index (κ1) is 50.9. The first-order valence-corrected chi connectivity index (χ1v) is 26.2. The Balaban J connectivity index is 0.000000199. The van der Waals surface area contributed by atoms with Crippen molar-refractivity contribution in [3.05, 3.63) is 144 Å². The third-order valence-electron chi connectivity index (χ3n) is 13.1. The van der Waals surface area contributed by atoms with Crippen molar-refractivity contribution in [3.8, 4) is 0 Å². The Hall–Kier alpha value is -2.76. The third-order valence-corrected chi connectivity index (χ3v) is 13.7. The molecule has 336 valence electrons. The molecule has 3 saturated carbocycles. The molecule has 0 aliphatic heterocycles. The van der Waals surface area contributed by atoms with E-state index in [-0.39, 0.29) is 0 Å². The quantitative estimate of drug-likeness (QED) is 0.0686. The molecule has 3 aliphatic carbocycles. The van der Waals surface area contributed by atoms with E-state index in [1.165, 1.54) is 203 Å². The monoisotopic (exact) mass is 892 g/mol. The van der Waals surface area contributed by atoms with Crippen LogP contribution in [0, 0.1) is 17.8 Å². The zero-order valence-corrected chi connectivity index (χ0v) is 40.0. The van der Waals surface area contributed by atoms with Crippen LogP contribution in [0.5, 0.6) is 0 Å². The molecule has 3 nitrogen and oxygen atoms in total. The largest absolute Gasteiger partial charge is 0.330 e. The van der Waals surface area contributed by atoms with Gasteiger partial charge in [0.2, 0.25) is 0 Å². The summed E-state index contributed by atoms with van der Waals surface area (Å²) in [6.07, 6.45) is 31.4. The number of alkyl halides is 1. The number of nitrogens with zero attached hydrogens (tertiary/aromatic N) is 1. The lowest BCUT2D eigenvalue weighted by atomic mass is 9.89. The molecule has 0 aromatic heterocycles. The molecule has 0 heterocycles. The van der Waals surface area contributed by atoms with E-state index in [1.807, 2.05) is 0 Å². The summed E-state index contributed by atoms with van der Waals surface area (Å²) >= 11 is 3.41. The summed E-state index contributed by atoms with van der Waals surface area (Å²) in [6.45, 7) is 7.16. The van der Waals surface area contributed by atoms with Crippen molar-refractivity contribution in [1.82, 2.24) is 10.2 Å². The molecular formula is C57H86BrN3. The lowest BCUT2D eigenvalue weighted by molar-refractivity contribution is 0.197. The molecular weight excluding hydrogens is 807 g/mol. The highest BCUT2D eigenvalue weighted by Gasteiger charge is 2.17. The molecule has 3 aliphatic rings. The van der Waals surface area contributed by atoms with Crippen LogP contribution in [0.2, 0.25) is 0 Å². The van der Waals surface area contributed by atoms with Crippen LogP contribution in [0.15, 0.2) is 121 Å². The standard InChI is InChI=1S/C25H35N.C16H25N.C9H11Br.C7H15N/c1-4-12-23(13-5-1)18-10-20-26(22-25-16-8-3-9-17-25)21-11-19-24-14-6-2-7-15-24;1-3-8-15(9-4-1)12-7-13-17-14-16-10-5-2-6-11-16;10-8-4-7-9-5-2-1-3-6-9;8-6-7-4-2-1-3-5-7/h1-2,4-7,12-15,25H,3,8-11,16-22H2;1,3-4,8-9,16-17H,2,5-7,10-14H2;1-3,5-6H,4,7-8H2;7H,1-6,8H2. The number of hydrogen-bond acceptors (Lipinski definition) is 3. The van der Waals surface area contributed by atoms with E-state index >= 15 is 0 Å². The first-order valence-electron chi connectivity index (χ1n) is 25.1. The second-order valence-corrected chi connectivity index (χ2v) is 19.1. The zero-order chi connectivity index (χ0) is 42.7. The number of benzene rings is 4. The average molecular weight is 893 g/mol. The first-order chi connectivity index (χ1) is 30.2. The summed E-state index contributed by atoms with van der Waals surface area (Å²) in [5.74, 6) is 2.77. The van der Waals surface area contributed by atoms with Gasteiger partial charge in [0.1, 0.15) is 0 Å². The van der Waals surface area contributed by atoms with Crippen LogP contribution in [-0.2, 0) is 25.7 Å². The molecule has 0 saturated heterocycles. The van der Waals surface area contributed by atoms with Gasteiger partial charge in [-0.15, -0.1) is 0 Å². The Morgan fingerprint density at radius 1 is 0.443 bits per heavy atom. The van der Waals surface area contributed by atoms with Gasteiger partial charge in [-0.3, -0.25) is 0 Å². The lowest BCUT2D eigenvalue weighted by Gasteiger charge is -2.30. The summed E-state index contributed by atoms with van der Waals surface area (Å²) in [6, 6.07) is 43.3. The molecule has 61 heavy (non-hydrogen) atoms. The topological polar surface area (TPSA) is 41.3 Å². The highest BCUT2D eigenvalue weighted by atomic mass is 79.9. The van der Waals surface area contributed by atoms with Gasteiger partial charge in [-0.05, 0) is 163 Å². The van der Waals surface area contributed by atoms with Crippen molar-refractivity contribution in [3.63, 3.8) is 0 Å². The Morgan fingerprint density at radius 3 is 1.18 bits per heavy atom. The van der Waals surface area contributed by atoms with Crippen LogP contribution in [0.3, 0.4) is 0 Å². The zero-order valence-electron chi connectivity index (χ0n) is 38.4. The molecule has 0 atom stereocenters. The van der Waals surface area contributed by atoms with Crippen LogP contribution in [0.1, 0.15) is 144 Å². The molecule has 3 N–H and O–H groups in total. The lowest BCUT2D eigenvalue weighted by Crippen LogP contribution is -2.33. The maximum atomic E-state index is 5.50. The van der Waals surface area contributed by atoms with Crippen molar-refractivity contribution < 1.29 is 0 Å². The van der Waals surface area contributed by atoms with E-state index in [9.17, 15) is 0 Å². The predicted molar refractivity (Wildman–Crippen MR) is 271 cm³/mol. The van der Waals surface area contributed by atoms with E-state index < -0.39 is 0 Å². The van der Waals surface area contributed by atoms with Gasteiger partial charge in [-0.2, -0.15) is 0 Å². The van der Waals surface area contributed by atoms with Crippen LogP contribution >= 0.6 is 15.9 Å². The smallest absolute Gasteiger partial charge is 0.00344 e. The van der Waals surface area contributed by atoms with Crippen molar-refractivity contribution in [1.29, 1.82) is 0 Å². The van der Waals surface area contributed by atoms with Crippen molar-refractivity contribution in [2.24, 2.45) is 23.5 Å². The molecule has 4 aromatic carbocycles. The number of rotatable bonds is 20.